The average Bonchev–Trinajstić information content (AvgIpc) is 3.34. The second kappa shape index (κ2) is 49.5. The first-order valence-electron chi connectivity index (χ1n) is 29.0. The van der Waals surface area contributed by atoms with Gasteiger partial charge in [0.05, 0.1) is 12.5 Å². The third kappa shape index (κ3) is 41.3. The van der Waals surface area contributed by atoms with Crippen LogP contribution in [-0.4, -0.2) is 80.6 Å². The van der Waals surface area contributed by atoms with Crippen LogP contribution in [0.15, 0.2) is 0 Å². The minimum Gasteiger partial charge on any atom is -0.465 e. The lowest BCUT2D eigenvalue weighted by atomic mass is 9.88. The van der Waals surface area contributed by atoms with Gasteiger partial charge in [0.1, 0.15) is 31.4 Å². The van der Waals surface area contributed by atoms with Crippen molar-refractivity contribution in [2.45, 2.75) is 279 Å². The molecule has 0 heterocycles. The summed E-state index contributed by atoms with van der Waals surface area (Å²) >= 11 is 0. The van der Waals surface area contributed by atoms with E-state index >= 15 is 0 Å². The Morgan fingerprint density at radius 1 is 0.353 bits per heavy atom. The van der Waals surface area contributed by atoms with E-state index in [2.05, 4.69) is 46.4 Å². The summed E-state index contributed by atoms with van der Waals surface area (Å²) in [5.41, 5.74) is 0. The van der Waals surface area contributed by atoms with Gasteiger partial charge in [0.25, 0.3) is 0 Å². The summed E-state index contributed by atoms with van der Waals surface area (Å²) in [6.07, 6.45) is 36.9. The van der Waals surface area contributed by atoms with Crippen LogP contribution in [0.1, 0.15) is 279 Å². The van der Waals surface area contributed by atoms with Gasteiger partial charge in [0.2, 0.25) is 0 Å². The lowest BCUT2D eigenvalue weighted by Crippen LogP contribution is -2.27. The molecule has 0 saturated heterocycles. The molecule has 0 aromatic rings. The van der Waals surface area contributed by atoms with E-state index in [4.69, 9.17) is 18.9 Å². The highest BCUT2D eigenvalue weighted by Crippen LogP contribution is 2.24. The average molecular weight is 965 g/mol. The highest BCUT2D eigenvalue weighted by molar-refractivity contribution is 5.81. The molecule has 0 N–H and O–H groups in total. The van der Waals surface area contributed by atoms with Crippen LogP contribution in [0, 0.1) is 17.8 Å². The molecule has 68 heavy (non-hydrogen) atoms. The summed E-state index contributed by atoms with van der Waals surface area (Å²) in [6, 6.07) is 0. The molecule has 0 radical (unpaired) electrons. The molecule has 0 aliphatic carbocycles. The Morgan fingerprint density at radius 2 is 0.676 bits per heavy atom. The number of nitrogens with zero attached hydrogens (tertiary/aromatic N) is 1. The maximum Gasteiger partial charge on any atom is 0.508 e. The number of ketones is 2. The Bertz CT molecular complexity index is 1120. The van der Waals surface area contributed by atoms with Crippen molar-refractivity contribution < 1.29 is 42.9 Å². The van der Waals surface area contributed by atoms with Crippen LogP contribution in [-0.2, 0) is 38.1 Å². The van der Waals surface area contributed by atoms with Gasteiger partial charge in [0.15, 0.2) is 0 Å². The molecule has 0 aromatic heterocycles. The first-order valence-corrected chi connectivity index (χ1v) is 29.0. The van der Waals surface area contributed by atoms with Crippen LogP contribution in [0.4, 0.5) is 4.79 Å². The Labute approximate surface area is 419 Å². The van der Waals surface area contributed by atoms with Gasteiger partial charge >= 0.3 is 18.1 Å². The van der Waals surface area contributed by atoms with Gasteiger partial charge in [-0.15, -0.1) is 0 Å². The summed E-state index contributed by atoms with van der Waals surface area (Å²) in [4.78, 5) is 66.7. The Kier molecular flexibility index (Phi) is 47.7. The molecule has 0 rings (SSSR count). The molecule has 2 atom stereocenters. The Hall–Kier alpha value is -2.49. The number of hydrogen-bond donors (Lipinski definition) is 0. The summed E-state index contributed by atoms with van der Waals surface area (Å²) in [7, 11) is 0. The van der Waals surface area contributed by atoms with Gasteiger partial charge in [-0.05, 0) is 70.9 Å². The first kappa shape index (κ1) is 65.5. The molecule has 0 bridgehead atoms. The van der Waals surface area contributed by atoms with E-state index in [9.17, 15) is 24.0 Å². The van der Waals surface area contributed by atoms with Crippen molar-refractivity contribution in [1.29, 1.82) is 0 Å². The van der Waals surface area contributed by atoms with E-state index in [1.165, 1.54) is 103 Å². The topological polar surface area (TPSA) is 126 Å². The van der Waals surface area contributed by atoms with Crippen molar-refractivity contribution in [3.05, 3.63) is 0 Å². The van der Waals surface area contributed by atoms with E-state index in [1.807, 2.05) is 0 Å². The van der Waals surface area contributed by atoms with Crippen molar-refractivity contribution in [2.75, 3.05) is 46.1 Å². The molecule has 0 amide bonds. The van der Waals surface area contributed by atoms with E-state index in [0.717, 1.165) is 110 Å². The predicted molar refractivity (Wildman–Crippen MR) is 281 cm³/mol. The molecule has 0 aliphatic heterocycles. The SMILES string of the molecule is CCCCCCCCC(CCCCCC)C(=O)CCCCCCC(=O)OCC(COC(=O)CCCCCCC(=O)C(CCCCCC)CCCCCCCC)COC(=O)OCCCN(CC)CC. The monoisotopic (exact) mass is 964 g/mol. The van der Waals surface area contributed by atoms with Crippen LogP contribution in [0.2, 0.25) is 0 Å². The van der Waals surface area contributed by atoms with E-state index in [1.54, 1.807) is 0 Å². The van der Waals surface area contributed by atoms with Crippen LogP contribution >= 0.6 is 0 Å². The number of unbranched alkanes of at least 4 members (excludes halogenated alkanes) is 22. The van der Waals surface area contributed by atoms with Gasteiger partial charge in [-0.2, -0.15) is 0 Å². The van der Waals surface area contributed by atoms with E-state index < -0.39 is 12.1 Å². The summed E-state index contributed by atoms with van der Waals surface area (Å²) < 4.78 is 21.9. The van der Waals surface area contributed by atoms with Gasteiger partial charge in [0, 0.05) is 44.1 Å². The zero-order valence-corrected chi connectivity index (χ0v) is 45.5. The number of esters is 2. The van der Waals surface area contributed by atoms with Gasteiger partial charge < -0.3 is 23.8 Å². The molecular weight excluding hydrogens is 855 g/mol. The molecular formula is C58H109NO9. The number of ether oxygens (including phenoxy) is 4. The lowest BCUT2D eigenvalue weighted by Gasteiger charge is -2.18. The largest absolute Gasteiger partial charge is 0.508 e. The van der Waals surface area contributed by atoms with Gasteiger partial charge in [-0.1, -0.05) is 196 Å². The van der Waals surface area contributed by atoms with Crippen LogP contribution in [0.5, 0.6) is 0 Å². The smallest absolute Gasteiger partial charge is 0.465 e. The molecule has 400 valence electrons. The third-order valence-corrected chi connectivity index (χ3v) is 13.8. The number of carbonyl (C=O) groups excluding carboxylic acids is 5. The number of carbonyl (C=O) groups is 5. The molecule has 10 heteroatoms. The normalized spacial score (nSPS) is 12.8. The highest BCUT2D eigenvalue weighted by Gasteiger charge is 2.21. The number of Topliss-reactive ketones (excluding diaryl/α,β-unsaturated/α-hetero) is 2. The third-order valence-electron chi connectivity index (χ3n) is 13.8. The summed E-state index contributed by atoms with van der Waals surface area (Å²) in [5.74, 6) is 0.0203. The minimum absolute atomic E-state index is 0.0411. The fourth-order valence-corrected chi connectivity index (χ4v) is 9.08. The van der Waals surface area contributed by atoms with Crippen molar-refractivity contribution >= 4 is 29.7 Å². The molecule has 0 fully saturated rings. The van der Waals surface area contributed by atoms with Crippen LogP contribution < -0.4 is 0 Å². The number of hydrogen-bond acceptors (Lipinski definition) is 10. The molecule has 0 aliphatic rings. The van der Waals surface area contributed by atoms with E-state index in [0.29, 0.717) is 43.7 Å². The van der Waals surface area contributed by atoms with Crippen LogP contribution in [0.3, 0.4) is 0 Å². The predicted octanol–water partition coefficient (Wildman–Crippen LogP) is 16.1. The fraction of sp³-hybridized carbons (Fsp3) is 0.914. The molecule has 0 aromatic carbocycles. The molecule has 0 saturated carbocycles. The van der Waals surface area contributed by atoms with Crippen molar-refractivity contribution in [3.8, 4) is 0 Å². The van der Waals surface area contributed by atoms with Crippen molar-refractivity contribution in [2.24, 2.45) is 17.8 Å². The first-order chi connectivity index (χ1) is 33.1. The van der Waals surface area contributed by atoms with E-state index in [-0.39, 0.29) is 63.0 Å². The van der Waals surface area contributed by atoms with Gasteiger partial charge in [-0.3, -0.25) is 19.2 Å². The second-order valence-electron chi connectivity index (χ2n) is 20.0. The molecule has 10 nitrogen and oxygen atoms in total. The maximum atomic E-state index is 13.2. The second-order valence-corrected chi connectivity index (χ2v) is 20.0. The zero-order chi connectivity index (χ0) is 50.1. The van der Waals surface area contributed by atoms with Crippen molar-refractivity contribution in [3.63, 3.8) is 0 Å². The Morgan fingerprint density at radius 3 is 1.06 bits per heavy atom. The fourth-order valence-electron chi connectivity index (χ4n) is 9.08. The molecule has 2 unspecified atom stereocenters. The Balaban J connectivity index is 4.87. The van der Waals surface area contributed by atoms with Gasteiger partial charge in [-0.25, -0.2) is 4.79 Å². The van der Waals surface area contributed by atoms with Crippen LogP contribution in [0.25, 0.3) is 0 Å². The highest BCUT2D eigenvalue weighted by atomic mass is 16.7. The summed E-state index contributed by atoms with van der Waals surface area (Å²) in [6.45, 7) is 15.9. The standard InChI is InChI=1S/C58H109NO9/c1-7-13-17-21-23-31-40-52(38-29-19-15-9-3)54(60)42-33-25-27-35-44-56(62)66-48-51(50-68-58(64)65-47-37-46-59(11-5)12-6)49-67-57(63)45-36-28-26-34-43-55(61)53(39-30-20-16-10-4)41-32-24-22-18-14-8-2/h51-53H,7-50H2,1-6H3. The molecule has 0 spiro atoms. The summed E-state index contributed by atoms with van der Waals surface area (Å²) in [5, 5.41) is 0. The van der Waals surface area contributed by atoms with Crippen molar-refractivity contribution in [1.82, 2.24) is 4.90 Å². The quantitative estimate of drug-likeness (QED) is 0.0330. The maximum absolute atomic E-state index is 13.2. The minimum atomic E-state index is -0.792. The lowest BCUT2D eigenvalue weighted by molar-refractivity contribution is -0.150. The zero-order valence-electron chi connectivity index (χ0n) is 45.5. The number of rotatable bonds is 52.